The van der Waals surface area contributed by atoms with Crippen LogP contribution in [-0.2, 0) is 23.1 Å². The van der Waals surface area contributed by atoms with Crippen LogP contribution in [-0.4, -0.2) is 65.3 Å². The average Bonchev–Trinajstić information content (AvgIpc) is 3.16. The van der Waals surface area contributed by atoms with Gasteiger partial charge in [-0.15, -0.1) is 5.10 Å². The Balaban J connectivity index is 1.37. The molecule has 184 valence electrons. The fraction of sp³-hybridized carbons (Fsp3) is 0.708. The highest BCUT2D eigenvalue weighted by atomic mass is 16.3. The van der Waals surface area contributed by atoms with Gasteiger partial charge in [-0.1, -0.05) is 26.0 Å². The summed E-state index contributed by atoms with van der Waals surface area (Å²) in [5.41, 5.74) is 2.53. The minimum Gasteiger partial charge on any atom is -0.391 e. The number of aromatic nitrogens is 5. The number of carbonyl (C=O) groups excluding carboxylic acids is 2. The van der Waals surface area contributed by atoms with Gasteiger partial charge in [0.15, 0.2) is 0 Å². The van der Waals surface area contributed by atoms with Gasteiger partial charge in [0.1, 0.15) is 12.1 Å². The molecule has 2 aromatic heterocycles. The van der Waals surface area contributed by atoms with Crippen molar-refractivity contribution in [2.45, 2.75) is 89.4 Å². The van der Waals surface area contributed by atoms with Gasteiger partial charge >= 0.3 is 0 Å². The maximum absolute atomic E-state index is 13.9. The number of carbonyl (C=O) groups is 2. The third-order valence-corrected chi connectivity index (χ3v) is 7.24. The number of fused-ring (bicyclic) bond motifs is 1. The molecule has 3 heterocycles. The van der Waals surface area contributed by atoms with Gasteiger partial charge in [0.2, 0.25) is 11.8 Å². The van der Waals surface area contributed by atoms with Crippen LogP contribution in [0.4, 0.5) is 0 Å². The van der Waals surface area contributed by atoms with E-state index in [0.717, 1.165) is 49.1 Å². The van der Waals surface area contributed by atoms with Crippen molar-refractivity contribution in [3.05, 3.63) is 29.3 Å². The zero-order valence-electron chi connectivity index (χ0n) is 20.4. The highest BCUT2D eigenvalue weighted by molar-refractivity contribution is 5.90. The number of nitrogens with zero attached hydrogens (tertiary/aromatic N) is 6. The second-order valence-corrected chi connectivity index (χ2v) is 11.2. The van der Waals surface area contributed by atoms with Gasteiger partial charge < -0.3 is 15.3 Å². The van der Waals surface area contributed by atoms with Gasteiger partial charge in [-0.25, -0.2) is 4.68 Å². The second-order valence-electron chi connectivity index (χ2n) is 11.2. The van der Waals surface area contributed by atoms with Crippen molar-refractivity contribution in [2.75, 3.05) is 6.54 Å². The summed E-state index contributed by atoms with van der Waals surface area (Å²) < 4.78 is 3.44. The standard InChI is InChI=1S/C24H35N7O3/c1-24(2,3)21(31-13-19(26-28-31)14-8-9-14)23(34)30-11-15(32)10-20(30)22(33)25-17-6-5-7-18-16(17)12-29(4)27-18/h12-15,17,20-21,32H,5-11H2,1-4H3,(H,25,33)/t15-,17?,20+,21-/m0/s1. The molecule has 1 saturated carbocycles. The molecule has 10 nitrogen and oxygen atoms in total. The van der Waals surface area contributed by atoms with Crippen molar-refractivity contribution in [3.63, 3.8) is 0 Å². The van der Waals surface area contributed by atoms with E-state index in [2.05, 4.69) is 20.7 Å². The Kier molecular flexibility index (Phi) is 5.74. The third-order valence-electron chi connectivity index (χ3n) is 7.24. The first-order valence-corrected chi connectivity index (χ1v) is 12.3. The first kappa shape index (κ1) is 23.0. The molecule has 2 aromatic rings. The number of hydrogen-bond acceptors (Lipinski definition) is 6. The zero-order valence-corrected chi connectivity index (χ0v) is 20.4. The molecular formula is C24H35N7O3. The molecule has 10 heteroatoms. The molecule has 1 saturated heterocycles. The van der Waals surface area contributed by atoms with E-state index in [1.807, 2.05) is 40.2 Å². The van der Waals surface area contributed by atoms with Gasteiger partial charge in [0, 0.05) is 43.9 Å². The van der Waals surface area contributed by atoms with Crippen LogP contribution in [0, 0.1) is 5.41 Å². The first-order valence-electron chi connectivity index (χ1n) is 12.3. The summed E-state index contributed by atoms with van der Waals surface area (Å²) in [6, 6.07) is -1.47. The Labute approximate surface area is 199 Å². The Hall–Kier alpha value is -2.75. The molecule has 0 radical (unpaired) electrons. The monoisotopic (exact) mass is 469 g/mol. The van der Waals surface area contributed by atoms with Crippen LogP contribution in [0.3, 0.4) is 0 Å². The molecule has 1 unspecified atom stereocenters. The number of nitrogens with one attached hydrogen (secondary N) is 1. The number of aliphatic hydroxyl groups excluding tert-OH is 1. The normalized spacial score (nSPS) is 25.8. The smallest absolute Gasteiger partial charge is 0.248 e. The van der Waals surface area contributed by atoms with Crippen molar-refractivity contribution in [1.82, 2.24) is 35.0 Å². The minimum atomic E-state index is -0.738. The lowest BCUT2D eigenvalue weighted by molar-refractivity contribution is -0.144. The maximum atomic E-state index is 13.9. The van der Waals surface area contributed by atoms with E-state index in [4.69, 9.17) is 0 Å². The molecule has 2 aliphatic carbocycles. The fourth-order valence-electron chi connectivity index (χ4n) is 5.41. The summed E-state index contributed by atoms with van der Waals surface area (Å²) in [6.07, 6.45) is 8.23. The van der Waals surface area contributed by atoms with Gasteiger partial charge in [-0.3, -0.25) is 14.3 Å². The second kappa shape index (κ2) is 8.48. The number of aryl methyl sites for hydroxylation is 2. The lowest BCUT2D eigenvalue weighted by Gasteiger charge is -2.35. The number of aliphatic hydroxyl groups is 1. The number of amides is 2. The Morgan fingerprint density at radius 2 is 1.97 bits per heavy atom. The van der Waals surface area contributed by atoms with Crippen molar-refractivity contribution < 1.29 is 14.7 Å². The first-order chi connectivity index (χ1) is 16.1. The number of β-amino-alcohol motifs (C(OH)–C–C–N with tert-alkyl or cyclic N) is 1. The van der Waals surface area contributed by atoms with Gasteiger partial charge in [0.05, 0.1) is 23.5 Å². The Bertz CT molecular complexity index is 1080. The molecule has 2 N–H and O–H groups in total. The van der Waals surface area contributed by atoms with E-state index in [0.29, 0.717) is 5.92 Å². The summed E-state index contributed by atoms with van der Waals surface area (Å²) in [4.78, 5) is 28.8. The Morgan fingerprint density at radius 3 is 2.68 bits per heavy atom. The lowest BCUT2D eigenvalue weighted by Crippen LogP contribution is -2.51. The predicted molar refractivity (Wildman–Crippen MR) is 124 cm³/mol. The van der Waals surface area contributed by atoms with E-state index in [-0.39, 0.29) is 30.8 Å². The highest BCUT2D eigenvalue weighted by Crippen LogP contribution is 2.40. The largest absolute Gasteiger partial charge is 0.391 e. The molecule has 3 aliphatic rings. The molecule has 1 aliphatic heterocycles. The summed E-state index contributed by atoms with van der Waals surface area (Å²) >= 11 is 0. The summed E-state index contributed by atoms with van der Waals surface area (Å²) in [6.45, 7) is 6.10. The van der Waals surface area contributed by atoms with E-state index in [9.17, 15) is 14.7 Å². The van der Waals surface area contributed by atoms with Crippen molar-refractivity contribution in [2.24, 2.45) is 12.5 Å². The molecule has 2 amide bonds. The van der Waals surface area contributed by atoms with Crippen LogP contribution in [0.1, 0.15) is 87.8 Å². The van der Waals surface area contributed by atoms with Gasteiger partial charge in [-0.2, -0.15) is 5.10 Å². The fourth-order valence-corrected chi connectivity index (χ4v) is 5.41. The average molecular weight is 470 g/mol. The Morgan fingerprint density at radius 1 is 1.21 bits per heavy atom. The molecule has 4 atom stereocenters. The van der Waals surface area contributed by atoms with E-state index in [1.165, 1.54) is 0 Å². The SMILES string of the molecule is Cn1cc2c(n1)CCCC2NC(=O)[C@H]1C[C@H](O)CN1C(=O)[C@H](n1cc(C2CC2)nn1)C(C)(C)C. The molecule has 0 spiro atoms. The van der Waals surface area contributed by atoms with E-state index in [1.54, 1.807) is 14.3 Å². The van der Waals surface area contributed by atoms with Crippen LogP contribution in [0.5, 0.6) is 0 Å². The molecule has 5 rings (SSSR count). The van der Waals surface area contributed by atoms with Crippen LogP contribution in [0.2, 0.25) is 0 Å². The predicted octanol–water partition coefficient (Wildman–Crippen LogP) is 1.63. The molecule has 0 bridgehead atoms. The van der Waals surface area contributed by atoms with Gasteiger partial charge in [-0.05, 0) is 37.5 Å². The molecular weight excluding hydrogens is 434 g/mol. The van der Waals surface area contributed by atoms with E-state index >= 15 is 0 Å². The topological polar surface area (TPSA) is 118 Å². The number of likely N-dealkylation sites (tertiary alicyclic amines) is 1. The maximum Gasteiger partial charge on any atom is 0.248 e. The highest BCUT2D eigenvalue weighted by Gasteiger charge is 2.46. The number of rotatable bonds is 5. The van der Waals surface area contributed by atoms with Crippen molar-refractivity contribution in [3.8, 4) is 0 Å². The summed E-state index contributed by atoms with van der Waals surface area (Å²) in [5.74, 6) is 0.00291. The van der Waals surface area contributed by atoms with E-state index < -0.39 is 23.6 Å². The van der Waals surface area contributed by atoms with Crippen molar-refractivity contribution >= 4 is 11.8 Å². The van der Waals surface area contributed by atoms with Crippen LogP contribution < -0.4 is 5.32 Å². The summed E-state index contributed by atoms with van der Waals surface area (Å²) in [5, 5.41) is 26.7. The third kappa shape index (κ3) is 4.35. The van der Waals surface area contributed by atoms with Crippen LogP contribution in [0.15, 0.2) is 12.4 Å². The zero-order chi connectivity index (χ0) is 24.2. The quantitative estimate of drug-likeness (QED) is 0.687. The summed E-state index contributed by atoms with van der Waals surface area (Å²) in [7, 11) is 1.89. The molecule has 0 aromatic carbocycles. The minimum absolute atomic E-state index is 0.130. The molecule has 34 heavy (non-hydrogen) atoms. The van der Waals surface area contributed by atoms with Crippen molar-refractivity contribution in [1.29, 1.82) is 0 Å². The van der Waals surface area contributed by atoms with Crippen LogP contribution >= 0.6 is 0 Å². The van der Waals surface area contributed by atoms with Gasteiger partial charge in [0.25, 0.3) is 0 Å². The lowest BCUT2D eigenvalue weighted by atomic mass is 9.85. The molecule has 2 fully saturated rings. The number of hydrogen-bond donors (Lipinski definition) is 2. The van der Waals surface area contributed by atoms with Crippen LogP contribution in [0.25, 0.3) is 0 Å².